The minimum absolute atomic E-state index is 0.114. The highest BCUT2D eigenvalue weighted by Crippen LogP contribution is 2.36. The average Bonchev–Trinajstić information content (AvgIpc) is 3.45. The fourth-order valence-electron chi connectivity index (χ4n) is 4.78. The summed E-state index contributed by atoms with van der Waals surface area (Å²) in [5.74, 6) is 0.303. The zero-order valence-electron chi connectivity index (χ0n) is 20.5. The molecule has 0 saturated carbocycles. The van der Waals surface area contributed by atoms with Crippen LogP contribution in [-0.2, 0) is 4.79 Å². The number of rotatable bonds is 5. The van der Waals surface area contributed by atoms with E-state index in [1.54, 1.807) is 23.4 Å². The molecule has 0 radical (unpaired) electrons. The van der Waals surface area contributed by atoms with E-state index in [4.69, 9.17) is 14.1 Å². The SMILES string of the molecule is CCCN1CC[C@@H](c2ccc(F)cc2)N2C(=O)/C(=C/c3ccc(-n4cnc(C)c4)c(C)c3)N=C12.FF. The summed E-state index contributed by atoms with van der Waals surface area (Å²) < 4.78 is 31.5. The molecular formula is C27H28F3N5O. The second-order valence-electron chi connectivity index (χ2n) is 8.93. The molecular weight excluding hydrogens is 467 g/mol. The number of hydrogen-bond donors (Lipinski definition) is 0. The van der Waals surface area contributed by atoms with Crippen molar-refractivity contribution in [2.75, 3.05) is 13.1 Å². The van der Waals surface area contributed by atoms with Crippen LogP contribution in [0.1, 0.15) is 48.2 Å². The van der Waals surface area contributed by atoms with E-state index in [1.807, 2.05) is 42.8 Å². The van der Waals surface area contributed by atoms with Gasteiger partial charge >= 0.3 is 0 Å². The van der Waals surface area contributed by atoms with E-state index in [-0.39, 0.29) is 17.8 Å². The minimum atomic E-state index is -0.279. The summed E-state index contributed by atoms with van der Waals surface area (Å²) in [6.07, 6.45) is 7.40. The summed E-state index contributed by atoms with van der Waals surface area (Å²) in [6.45, 7) is 7.78. The van der Waals surface area contributed by atoms with Gasteiger partial charge in [0, 0.05) is 34.1 Å². The fraction of sp³-hybridized carbons (Fsp3) is 0.296. The Bertz CT molecular complexity index is 1300. The van der Waals surface area contributed by atoms with E-state index in [9.17, 15) is 9.18 Å². The molecule has 3 aromatic rings. The third kappa shape index (κ3) is 4.91. The number of benzene rings is 2. The largest absolute Gasteiger partial charge is 0.342 e. The number of halogens is 3. The lowest BCUT2D eigenvalue weighted by Gasteiger charge is -2.40. The van der Waals surface area contributed by atoms with E-state index in [0.717, 1.165) is 54.0 Å². The standard InChI is InChI=1S/C27H28FN5O.F2/c1-4-12-31-13-11-25(21-6-8-22(28)9-7-21)33-26(34)23(30-27(31)33)15-20-5-10-24(18(2)14-20)32-16-19(3)29-17-32;1-2/h5-10,14-17,25H,4,11-13H2,1-3H3;/b23-15-;/t25-;/m0./s1. The van der Waals surface area contributed by atoms with E-state index in [2.05, 4.69) is 22.9 Å². The van der Waals surface area contributed by atoms with Gasteiger partial charge in [-0.05, 0) is 73.7 Å². The first-order valence-electron chi connectivity index (χ1n) is 11.8. The molecule has 1 saturated heterocycles. The number of fused-ring (bicyclic) bond motifs is 1. The molecule has 2 aliphatic heterocycles. The molecule has 3 heterocycles. The van der Waals surface area contributed by atoms with Crippen LogP contribution < -0.4 is 0 Å². The van der Waals surface area contributed by atoms with Crippen LogP contribution in [0.15, 0.2) is 65.7 Å². The molecule has 9 heteroatoms. The van der Waals surface area contributed by atoms with Gasteiger partial charge in [-0.3, -0.25) is 9.69 Å². The molecule has 6 nitrogen and oxygen atoms in total. The predicted octanol–water partition coefficient (Wildman–Crippen LogP) is 5.86. The molecule has 1 amide bonds. The van der Waals surface area contributed by atoms with Gasteiger partial charge in [-0.1, -0.05) is 25.1 Å². The van der Waals surface area contributed by atoms with Gasteiger partial charge in [0.2, 0.25) is 5.96 Å². The Morgan fingerprint density at radius 2 is 1.86 bits per heavy atom. The number of carbonyl (C=O) groups excluding carboxylic acids is 1. The van der Waals surface area contributed by atoms with E-state index < -0.39 is 0 Å². The van der Waals surface area contributed by atoms with Crippen molar-refractivity contribution in [1.29, 1.82) is 0 Å². The molecule has 0 aliphatic carbocycles. The molecule has 5 rings (SSSR count). The third-order valence-corrected chi connectivity index (χ3v) is 6.40. The Kier molecular flexibility index (Phi) is 7.57. The zero-order valence-corrected chi connectivity index (χ0v) is 20.5. The number of nitrogens with zero attached hydrogens (tertiary/aromatic N) is 5. The Labute approximate surface area is 208 Å². The van der Waals surface area contributed by atoms with Crippen molar-refractivity contribution in [3.05, 3.63) is 88.9 Å². The second kappa shape index (κ2) is 10.8. The van der Waals surface area contributed by atoms with Crippen molar-refractivity contribution in [1.82, 2.24) is 19.4 Å². The van der Waals surface area contributed by atoms with Crippen LogP contribution in [0.2, 0.25) is 0 Å². The number of hydrogen-bond acceptors (Lipinski definition) is 4. The third-order valence-electron chi connectivity index (χ3n) is 6.40. The summed E-state index contributed by atoms with van der Waals surface area (Å²) in [6, 6.07) is 12.4. The molecule has 1 fully saturated rings. The van der Waals surface area contributed by atoms with Gasteiger partial charge in [-0.15, -0.1) is 0 Å². The number of imidazole rings is 1. The smallest absolute Gasteiger partial charge is 0.279 e. The average molecular weight is 496 g/mol. The second-order valence-corrected chi connectivity index (χ2v) is 8.93. The molecule has 188 valence electrons. The Hall–Kier alpha value is -3.88. The lowest BCUT2D eigenvalue weighted by molar-refractivity contribution is -0.125. The normalized spacial score (nSPS) is 18.2. The monoisotopic (exact) mass is 495 g/mol. The minimum Gasteiger partial charge on any atom is -0.342 e. The zero-order chi connectivity index (χ0) is 25.8. The first-order valence-corrected chi connectivity index (χ1v) is 11.8. The van der Waals surface area contributed by atoms with Gasteiger partial charge in [0.25, 0.3) is 5.91 Å². The molecule has 0 spiro atoms. The lowest BCUT2D eigenvalue weighted by atomic mass is 9.99. The maximum Gasteiger partial charge on any atom is 0.279 e. The summed E-state index contributed by atoms with van der Waals surface area (Å²) in [4.78, 5) is 26.6. The number of amides is 1. The van der Waals surface area contributed by atoms with Crippen LogP contribution in [0.5, 0.6) is 0 Å². The van der Waals surface area contributed by atoms with Crippen LogP contribution in [0.25, 0.3) is 11.8 Å². The Morgan fingerprint density at radius 1 is 1.11 bits per heavy atom. The van der Waals surface area contributed by atoms with Crippen molar-refractivity contribution < 1.29 is 18.3 Å². The van der Waals surface area contributed by atoms with Crippen molar-refractivity contribution in [3.63, 3.8) is 0 Å². The van der Waals surface area contributed by atoms with Crippen LogP contribution in [0, 0.1) is 19.7 Å². The van der Waals surface area contributed by atoms with Crippen LogP contribution >= 0.6 is 0 Å². The van der Waals surface area contributed by atoms with E-state index >= 15 is 0 Å². The van der Waals surface area contributed by atoms with Crippen molar-refractivity contribution in [2.45, 2.75) is 39.7 Å². The van der Waals surface area contributed by atoms with Gasteiger partial charge in [0.15, 0.2) is 0 Å². The topological polar surface area (TPSA) is 53.7 Å². The number of aliphatic imine (C=N–C) groups is 1. The Balaban J connectivity index is 0.00000148. The first-order chi connectivity index (χ1) is 17.4. The molecule has 2 aromatic carbocycles. The summed E-state index contributed by atoms with van der Waals surface area (Å²) in [5, 5.41) is 0. The highest BCUT2D eigenvalue weighted by atomic mass is 20.0. The summed E-state index contributed by atoms with van der Waals surface area (Å²) >= 11 is 0. The number of aromatic nitrogens is 2. The molecule has 2 aliphatic rings. The van der Waals surface area contributed by atoms with Crippen molar-refractivity contribution >= 4 is 17.9 Å². The number of aryl methyl sites for hydroxylation is 2. The van der Waals surface area contributed by atoms with E-state index in [0.29, 0.717) is 11.7 Å². The molecule has 0 N–H and O–H groups in total. The number of carbonyl (C=O) groups is 1. The predicted molar refractivity (Wildman–Crippen MR) is 133 cm³/mol. The summed E-state index contributed by atoms with van der Waals surface area (Å²) in [5.41, 5.74) is 5.37. The fourth-order valence-corrected chi connectivity index (χ4v) is 4.78. The molecule has 1 atom stereocenters. The van der Waals surface area contributed by atoms with Gasteiger partial charge in [0.05, 0.1) is 18.1 Å². The van der Waals surface area contributed by atoms with Crippen LogP contribution in [-0.4, -0.2) is 44.3 Å². The van der Waals surface area contributed by atoms with Crippen LogP contribution in [0.3, 0.4) is 0 Å². The van der Waals surface area contributed by atoms with Crippen molar-refractivity contribution in [2.24, 2.45) is 4.99 Å². The highest BCUT2D eigenvalue weighted by molar-refractivity contribution is 6.14. The van der Waals surface area contributed by atoms with Gasteiger partial charge < -0.3 is 9.47 Å². The first kappa shape index (κ1) is 25.2. The van der Waals surface area contributed by atoms with E-state index in [1.165, 1.54) is 12.1 Å². The van der Waals surface area contributed by atoms with Crippen LogP contribution in [0.4, 0.5) is 13.5 Å². The quantitative estimate of drug-likeness (QED) is 0.417. The summed E-state index contributed by atoms with van der Waals surface area (Å²) in [7, 11) is 0. The maximum atomic E-state index is 13.6. The van der Waals surface area contributed by atoms with Crippen molar-refractivity contribution in [3.8, 4) is 5.69 Å². The highest BCUT2D eigenvalue weighted by Gasteiger charge is 2.42. The molecule has 0 unspecified atom stereocenters. The number of guanidine groups is 1. The molecule has 36 heavy (non-hydrogen) atoms. The van der Waals surface area contributed by atoms with Gasteiger partial charge in [-0.2, -0.15) is 0 Å². The lowest BCUT2D eigenvalue weighted by Crippen LogP contribution is -2.51. The molecule has 0 bridgehead atoms. The van der Waals surface area contributed by atoms with Gasteiger partial charge in [-0.25, -0.2) is 14.4 Å². The molecule has 1 aromatic heterocycles. The maximum absolute atomic E-state index is 13.6. The Morgan fingerprint density at radius 3 is 2.50 bits per heavy atom. The van der Waals surface area contributed by atoms with Gasteiger partial charge in [0.1, 0.15) is 11.5 Å².